The van der Waals surface area contributed by atoms with Gasteiger partial charge in [-0.25, -0.2) is 0 Å². The van der Waals surface area contributed by atoms with Crippen LogP contribution in [0.15, 0.2) is 4.42 Å². The van der Waals surface area contributed by atoms with Gasteiger partial charge in [-0.1, -0.05) is 18.9 Å². The third kappa shape index (κ3) is 3.16. The van der Waals surface area contributed by atoms with Crippen LogP contribution in [0.1, 0.15) is 39.0 Å². The molecule has 2 heterocycles. The molecule has 1 N–H and O–H groups in total. The lowest BCUT2D eigenvalue weighted by Crippen LogP contribution is -2.36. The molecule has 0 unspecified atom stereocenters. The lowest BCUT2D eigenvalue weighted by Gasteiger charge is -2.31. The summed E-state index contributed by atoms with van der Waals surface area (Å²) in [7, 11) is 0. The molecular weight excluding hydrogens is 244 g/mol. The van der Waals surface area contributed by atoms with E-state index in [-0.39, 0.29) is 18.2 Å². The van der Waals surface area contributed by atoms with Crippen LogP contribution in [-0.2, 0) is 4.74 Å². The molecule has 102 valence electrons. The summed E-state index contributed by atoms with van der Waals surface area (Å²) in [4.78, 5) is 0. The highest BCUT2D eigenvalue weighted by Gasteiger charge is 2.26. The molecule has 18 heavy (non-hydrogen) atoms. The van der Waals surface area contributed by atoms with Crippen molar-refractivity contribution in [1.29, 1.82) is 0 Å². The van der Waals surface area contributed by atoms with Gasteiger partial charge < -0.3 is 14.5 Å². The SMILES string of the molecule is CC(C)[C@H]1C[C@H](Nc2nnc(C(F)F)o2)CCO1. The largest absolute Gasteiger partial charge is 0.402 e. The molecule has 0 aliphatic carbocycles. The molecule has 1 aromatic heterocycles. The number of nitrogens with zero attached hydrogens (tertiary/aromatic N) is 2. The summed E-state index contributed by atoms with van der Waals surface area (Å²) in [6.45, 7) is 4.83. The zero-order valence-corrected chi connectivity index (χ0v) is 10.4. The van der Waals surface area contributed by atoms with Crippen molar-refractivity contribution in [2.75, 3.05) is 11.9 Å². The average Bonchev–Trinajstić information content (AvgIpc) is 2.78. The Hall–Kier alpha value is -1.24. The number of nitrogens with one attached hydrogen (secondary N) is 1. The van der Waals surface area contributed by atoms with Crippen LogP contribution in [0, 0.1) is 5.92 Å². The van der Waals surface area contributed by atoms with Gasteiger partial charge in [0.15, 0.2) is 0 Å². The van der Waals surface area contributed by atoms with Gasteiger partial charge in [0, 0.05) is 12.6 Å². The minimum Gasteiger partial charge on any atom is -0.402 e. The number of anilines is 1. The van der Waals surface area contributed by atoms with E-state index < -0.39 is 12.3 Å². The van der Waals surface area contributed by atoms with Crippen molar-refractivity contribution in [3.8, 4) is 0 Å². The fourth-order valence-electron chi connectivity index (χ4n) is 1.98. The molecule has 2 atom stereocenters. The second kappa shape index (κ2) is 5.60. The van der Waals surface area contributed by atoms with Gasteiger partial charge >= 0.3 is 12.4 Å². The quantitative estimate of drug-likeness (QED) is 0.902. The maximum Gasteiger partial charge on any atom is 0.315 e. The normalized spacial score (nSPS) is 24.8. The lowest BCUT2D eigenvalue weighted by atomic mass is 9.95. The van der Waals surface area contributed by atoms with E-state index in [0.29, 0.717) is 12.5 Å². The Bertz CT molecular complexity index is 384. The summed E-state index contributed by atoms with van der Waals surface area (Å²) in [5.41, 5.74) is 0. The predicted molar refractivity (Wildman–Crippen MR) is 60.5 cm³/mol. The zero-order valence-electron chi connectivity index (χ0n) is 10.4. The molecule has 1 fully saturated rings. The number of hydrogen-bond acceptors (Lipinski definition) is 5. The fraction of sp³-hybridized carbons (Fsp3) is 0.818. The Morgan fingerprint density at radius 3 is 2.72 bits per heavy atom. The Labute approximate surface area is 104 Å². The van der Waals surface area contributed by atoms with Crippen molar-refractivity contribution >= 4 is 6.01 Å². The molecule has 5 nitrogen and oxygen atoms in total. The average molecular weight is 261 g/mol. The second-order valence-electron chi connectivity index (χ2n) is 4.77. The van der Waals surface area contributed by atoms with E-state index in [1.165, 1.54) is 0 Å². The first kappa shape index (κ1) is 13.2. The summed E-state index contributed by atoms with van der Waals surface area (Å²) >= 11 is 0. The minimum atomic E-state index is -2.73. The molecule has 1 aliphatic heterocycles. The van der Waals surface area contributed by atoms with Crippen LogP contribution in [-0.4, -0.2) is 29.0 Å². The summed E-state index contributed by atoms with van der Waals surface area (Å²) in [6.07, 6.45) is -0.945. The number of alkyl halides is 2. The first-order valence-electron chi connectivity index (χ1n) is 6.06. The number of halogens is 2. The standard InChI is InChI=1S/C11H17F2N3O2/c1-6(2)8-5-7(3-4-17-8)14-11-16-15-10(18-11)9(12)13/h6-9H,3-5H2,1-2H3,(H,14,16)/t7-,8-/m1/s1. The highest BCUT2D eigenvalue weighted by atomic mass is 19.3. The fourth-order valence-corrected chi connectivity index (χ4v) is 1.98. The van der Waals surface area contributed by atoms with Gasteiger partial charge in [-0.3, -0.25) is 0 Å². The van der Waals surface area contributed by atoms with Gasteiger partial charge in [-0.15, -0.1) is 5.10 Å². The van der Waals surface area contributed by atoms with Crippen LogP contribution < -0.4 is 5.32 Å². The van der Waals surface area contributed by atoms with Gasteiger partial charge in [0.1, 0.15) is 0 Å². The maximum absolute atomic E-state index is 12.3. The molecule has 0 radical (unpaired) electrons. The number of hydrogen-bond donors (Lipinski definition) is 1. The van der Waals surface area contributed by atoms with E-state index in [9.17, 15) is 8.78 Å². The Balaban J connectivity index is 1.92. The monoisotopic (exact) mass is 261 g/mol. The second-order valence-corrected chi connectivity index (χ2v) is 4.77. The third-order valence-corrected chi connectivity index (χ3v) is 3.01. The summed E-state index contributed by atoms with van der Waals surface area (Å²) in [5, 5.41) is 9.82. The van der Waals surface area contributed by atoms with E-state index in [2.05, 4.69) is 29.4 Å². The van der Waals surface area contributed by atoms with E-state index in [1.807, 2.05) is 0 Å². The Morgan fingerprint density at radius 2 is 2.11 bits per heavy atom. The molecule has 0 spiro atoms. The number of rotatable bonds is 4. The van der Waals surface area contributed by atoms with Crippen LogP contribution in [0.25, 0.3) is 0 Å². The van der Waals surface area contributed by atoms with Crippen molar-refractivity contribution in [2.24, 2.45) is 5.92 Å². The summed E-state index contributed by atoms with van der Waals surface area (Å²) in [6, 6.07) is 0.178. The third-order valence-electron chi connectivity index (χ3n) is 3.01. The topological polar surface area (TPSA) is 60.2 Å². The van der Waals surface area contributed by atoms with Crippen molar-refractivity contribution < 1.29 is 17.9 Å². The molecule has 1 aromatic rings. The Morgan fingerprint density at radius 1 is 1.33 bits per heavy atom. The molecule has 2 rings (SSSR count). The van der Waals surface area contributed by atoms with E-state index in [4.69, 9.17) is 9.15 Å². The summed E-state index contributed by atoms with van der Waals surface area (Å²) in [5.74, 6) is -0.223. The smallest absolute Gasteiger partial charge is 0.315 e. The van der Waals surface area contributed by atoms with Crippen LogP contribution in [0.3, 0.4) is 0 Å². The summed E-state index contributed by atoms with van der Waals surface area (Å²) < 4.78 is 35.0. The van der Waals surface area contributed by atoms with Crippen LogP contribution in [0.5, 0.6) is 0 Å². The van der Waals surface area contributed by atoms with Gasteiger partial charge in [-0.05, 0) is 18.8 Å². The number of aromatic nitrogens is 2. The zero-order chi connectivity index (χ0) is 13.1. The molecule has 1 aliphatic rings. The van der Waals surface area contributed by atoms with E-state index >= 15 is 0 Å². The predicted octanol–water partition coefficient (Wildman–Crippen LogP) is 2.62. The van der Waals surface area contributed by atoms with Gasteiger partial charge in [0.2, 0.25) is 0 Å². The van der Waals surface area contributed by atoms with Crippen molar-refractivity contribution in [3.05, 3.63) is 5.89 Å². The molecular formula is C11H17F2N3O2. The molecule has 0 saturated carbocycles. The molecule has 7 heteroatoms. The first-order valence-corrected chi connectivity index (χ1v) is 6.06. The van der Waals surface area contributed by atoms with Crippen LogP contribution >= 0.6 is 0 Å². The highest BCUT2D eigenvalue weighted by Crippen LogP contribution is 2.24. The van der Waals surface area contributed by atoms with Crippen LogP contribution in [0.4, 0.5) is 14.8 Å². The number of ether oxygens (including phenoxy) is 1. The highest BCUT2D eigenvalue weighted by molar-refractivity contribution is 5.20. The van der Waals surface area contributed by atoms with Gasteiger partial charge in [-0.2, -0.15) is 8.78 Å². The van der Waals surface area contributed by atoms with Gasteiger partial charge in [0.05, 0.1) is 6.10 Å². The Kier molecular flexibility index (Phi) is 4.11. The maximum atomic E-state index is 12.3. The van der Waals surface area contributed by atoms with Crippen LogP contribution in [0.2, 0.25) is 0 Å². The minimum absolute atomic E-state index is 0.0553. The molecule has 0 bridgehead atoms. The molecule has 0 aromatic carbocycles. The van der Waals surface area contributed by atoms with Gasteiger partial charge in [0.25, 0.3) is 5.89 Å². The van der Waals surface area contributed by atoms with Crippen molar-refractivity contribution in [3.63, 3.8) is 0 Å². The lowest BCUT2D eigenvalue weighted by molar-refractivity contribution is -0.0163. The van der Waals surface area contributed by atoms with Crippen molar-refractivity contribution in [2.45, 2.75) is 45.3 Å². The first-order chi connectivity index (χ1) is 8.56. The molecule has 1 saturated heterocycles. The van der Waals surface area contributed by atoms with E-state index in [1.54, 1.807) is 0 Å². The molecule has 0 amide bonds. The van der Waals surface area contributed by atoms with Crippen molar-refractivity contribution in [1.82, 2.24) is 10.2 Å². The van der Waals surface area contributed by atoms with E-state index in [0.717, 1.165) is 12.8 Å².